The van der Waals surface area contributed by atoms with Crippen LogP contribution in [-0.4, -0.2) is 37.5 Å². The summed E-state index contributed by atoms with van der Waals surface area (Å²) in [5.41, 5.74) is 1.74. The van der Waals surface area contributed by atoms with Gasteiger partial charge in [-0.05, 0) is 54.8 Å². The predicted molar refractivity (Wildman–Crippen MR) is 142 cm³/mol. The monoisotopic (exact) mass is 525 g/mol. The molecule has 1 fully saturated rings. The van der Waals surface area contributed by atoms with E-state index in [0.717, 1.165) is 25.9 Å². The Bertz CT molecular complexity index is 1500. The maximum absolute atomic E-state index is 15.6. The molecule has 0 unspecified atom stereocenters. The molecule has 0 spiro atoms. The lowest BCUT2D eigenvalue weighted by Crippen LogP contribution is -2.38. The maximum Gasteiger partial charge on any atom is 0.237 e. The summed E-state index contributed by atoms with van der Waals surface area (Å²) in [5, 5.41) is 7.58. The molecule has 2 heterocycles. The highest BCUT2D eigenvalue weighted by Gasteiger charge is 2.20. The van der Waals surface area contributed by atoms with Crippen molar-refractivity contribution < 1.29 is 12.8 Å². The minimum Gasteiger partial charge on any atom is -0.350 e. The van der Waals surface area contributed by atoms with Gasteiger partial charge in [0.2, 0.25) is 16.0 Å². The van der Waals surface area contributed by atoms with E-state index in [1.54, 1.807) is 54.7 Å². The third-order valence-corrected chi connectivity index (χ3v) is 7.61. The van der Waals surface area contributed by atoms with Crippen molar-refractivity contribution in [1.82, 2.24) is 15.3 Å². The molecular weight excluding hydrogens is 501 g/mol. The van der Waals surface area contributed by atoms with Gasteiger partial charge < -0.3 is 10.6 Å². The fraction of sp³-hybridized carbons (Fsp3) is 0.231. The van der Waals surface area contributed by atoms with Gasteiger partial charge in [-0.15, -0.1) is 0 Å². The first-order valence-electron chi connectivity index (χ1n) is 11.6. The van der Waals surface area contributed by atoms with Gasteiger partial charge in [0.1, 0.15) is 0 Å². The van der Waals surface area contributed by atoms with Gasteiger partial charge in [-0.2, -0.15) is 0 Å². The number of nitrogens with zero attached hydrogens (tertiary/aromatic N) is 2. The number of fused-ring (bicyclic) bond motifs is 1. The van der Waals surface area contributed by atoms with Gasteiger partial charge in [-0.3, -0.25) is 4.72 Å². The minimum absolute atomic E-state index is 0.106. The van der Waals surface area contributed by atoms with Crippen LogP contribution in [0.5, 0.6) is 0 Å². The molecular formula is C26H25ClFN5O2S. The van der Waals surface area contributed by atoms with Crippen LogP contribution in [0.4, 0.5) is 16.0 Å². The average Bonchev–Trinajstić information content (AvgIpc) is 2.87. The summed E-state index contributed by atoms with van der Waals surface area (Å²) in [6.07, 6.45) is 3.83. The Balaban J connectivity index is 1.41. The van der Waals surface area contributed by atoms with Gasteiger partial charge in [0, 0.05) is 29.7 Å². The molecule has 5 rings (SSSR count). The second-order valence-electron chi connectivity index (χ2n) is 8.79. The molecule has 1 aromatic heterocycles. The predicted octanol–water partition coefficient (Wildman–Crippen LogP) is 5.20. The van der Waals surface area contributed by atoms with Crippen molar-refractivity contribution in [2.75, 3.05) is 23.1 Å². The van der Waals surface area contributed by atoms with Crippen LogP contribution < -0.4 is 15.4 Å². The van der Waals surface area contributed by atoms with Crippen molar-refractivity contribution in [3.05, 3.63) is 83.3 Å². The number of anilines is 2. The van der Waals surface area contributed by atoms with Crippen LogP contribution in [0.1, 0.15) is 18.4 Å². The number of aromatic nitrogens is 2. The third-order valence-electron chi connectivity index (χ3n) is 6.05. The van der Waals surface area contributed by atoms with Crippen LogP contribution in [0.3, 0.4) is 0 Å². The van der Waals surface area contributed by atoms with Crippen LogP contribution >= 0.6 is 11.6 Å². The molecule has 0 bridgehead atoms. The third kappa shape index (κ3) is 5.59. The van der Waals surface area contributed by atoms with Gasteiger partial charge in [0.25, 0.3) is 0 Å². The van der Waals surface area contributed by atoms with Crippen molar-refractivity contribution in [3.63, 3.8) is 0 Å². The van der Waals surface area contributed by atoms with Gasteiger partial charge >= 0.3 is 0 Å². The Kier molecular flexibility index (Phi) is 7.04. The second kappa shape index (κ2) is 10.4. The first-order chi connectivity index (χ1) is 17.4. The highest BCUT2D eigenvalue weighted by atomic mass is 35.5. The van der Waals surface area contributed by atoms with Gasteiger partial charge in [0.05, 0.1) is 22.0 Å². The molecule has 186 valence electrons. The zero-order chi connectivity index (χ0) is 25.1. The molecule has 7 nitrogen and oxygen atoms in total. The van der Waals surface area contributed by atoms with E-state index in [-0.39, 0.29) is 28.1 Å². The summed E-state index contributed by atoms with van der Waals surface area (Å²) >= 11 is 6.36. The van der Waals surface area contributed by atoms with Crippen LogP contribution in [-0.2, 0) is 15.8 Å². The van der Waals surface area contributed by atoms with Crippen LogP contribution in [0.2, 0.25) is 5.02 Å². The Morgan fingerprint density at radius 1 is 1.11 bits per heavy atom. The number of sulfonamides is 1. The van der Waals surface area contributed by atoms with Crippen LogP contribution in [0, 0.1) is 5.82 Å². The fourth-order valence-electron chi connectivity index (χ4n) is 4.31. The molecule has 10 heteroatoms. The molecule has 1 saturated heterocycles. The van der Waals surface area contributed by atoms with Crippen molar-refractivity contribution in [3.8, 4) is 11.1 Å². The highest BCUT2D eigenvalue weighted by Crippen LogP contribution is 2.36. The standard InChI is InChI=1S/C26H25ClFN5O2S/c27-21-9-11-23(33-36(34,35)16-17-5-2-1-3-6-17)25(28)24(21)18-8-10-22-19(13-18)14-30-26(32-22)31-20-7-4-12-29-15-20/h1-3,5-6,8-11,13-14,20,29,33H,4,7,12,15-16H2,(H,30,31,32)/t20-/m0/s1. The van der Waals surface area contributed by atoms with Crippen molar-refractivity contribution in [2.45, 2.75) is 24.6 Å². The smallest absolute Gasteiger partial charge is 0.237 e. The lowest BCUT2D eigenvalue weighted by molar-refractivity contribution is 0.478. The molecule has 0 radical (unpaired) electrons. The topological polar surface area (TPSA) is 96.0 Å². The van der Waals surface area contributed by atoms with E-state index in [9.17, 15) is 8.42 Å². The Labute approximate surface area is 214 Å². The molecule has 36 heavy (non-hydrogen) atoms. The summed E-state index contributed by atoms with van der Waals surface area (Å²) in [5.74, 6) is -0.475. The number of benzene rings is 3. The van der Waals surface area contributed by atoms with Crippen molar-refractivity contribution in [2.24, 2.45) is 0 Å². The minimum atomic E-state index is -3.84. The number of nitrogens with one attached hydrogen (secondary N) is 3. The normalized spacial score (nSPS) is 16.1. The molecule has 0 aliphatic carbocycles. The lowest BCUT2D eigenvalue weighted by Gasteiger charge is -2.23. The summed E-state index contributed by atoms with van der Waals surface area (Å²) in [6, 6.07) is 17.0. The van der Waals surface area contributed by atoms with Gasteiger partial charge in [-0.25, -0.2) is 22.8 Å². The van der Waals surface area contributed by atoms with E-state index in [2.05, 4.69) is 25.3 Å². The summed E-state index contributed by atoms with van der Waals surface area (Å²) < 4.78 is 43.2. The summed E-state index contributed by atoms with van der Waals surface area (Å²) in [4.78, 5) is 9.00. The summed E-state index contributed by atoms with van der Waals surface area (Å²) in [6.45, 7) is 1.89. The highest BCUT2D eigenvalue weighted by molar-refractivity contribution is 7.91. The molecule has 3 N–H and O–H groups in total. The lowest BCUT2D eigenvalue weighted by atomic mass is 10.0. The number of hydrogen-bond donors (Lipinski definition) is 3. The molecule has 1 aliphatic rings. The Morgan fingerprint density at radius 2 is 1.94 bits per heavy atom. The quantitative estimate of drug-likeness (QED) is 0.307. The van der Waals surface area contributed by atoms with Gasteiger partial charge in [0.15, 0.2) is 5.82 Å². The van der Waals surface area contributed by atoms with Gasteiger partial charge in [-0.1, -0.05) is 48.0 Å². The van der Waals surface area contributed by atoms with E-state index in [0.29, 0.717) is 28.0 Å². The van der Waals surface area contributed by atoms with Crippen LogP contribution in [0.25, 0.3) is 22.0 Å². The van der Waals surface area contributed by atoms with E-state index >= 15 is 4.39 Å². The molecule has 0 saturated carbocycles. The molecule has 0 amide bonds. The molecule has 1 aliphatic heterocycles. The molecule has 1 atom stereocenters. The molecule has 4 aromatic rings. The van der Waals surface area contributed by atoms with Crippen LogP contribution in [0.15, 0.2) is 66.9 Å². The largest absolute Gasteiger partial charge is 0.350 e. The Morgan fingerprint density at radius 3 is 2.72 bits per heavy atom. The number of piperidine rings is 1. The maximum atomic E-state index is 15.6. The average molecular weight is 526 g/mol. The SMILES string of the molecule is O=S(=O)(Cc1ccccc1)Nc1ccc(Cl)c(-c2ccc3nc(N[C@H]4CCCNC4)ncc3c2)c1F. The first-order valence-corrected chi connectivity index (χ1v) is 13.7. The zero-order valence-corrected chi connectivity index (χ0v) is 20.9. The Hall–Kier alpha value is -3.27. The summed E-state index contributed by atoms with van der Waals surface area (Å²) in [7, 11) is -3.84. The number of hydrogen-bond acceptors (Lipinski definition) is 6. The second-order valence-corrected chi connectivity index (χ2v) is 10.9. The van der Waals surface area contributed by atoms with Crippen molar-refractivity contribution >= 4 is 44.2 Å². The first kappa shape index (κ1) is 24.4. The number of rotatable bonds is 7. The van der Waals surface area contributed by atoms with Crippen molar-refractivity contribution in [1.29, 1.82) is 0 Å². The van der Waals surface area contributed by atoms with E-state index in [1.165, 1.54) is 12.1 Å². The zero-order valence-electron chi connectivity index (χ0n) is 19.3. The van der Waals surface area contributed by atoms with E-state index in [4.69, 9.17) is 11.6 Å². The van der Waals surface area contributed by atoms with E-state index in [1.807, 2.05) is 0 Å². The fourth-order valence-corrected chi connectivity index (χ4v) is 5.76. The molecule has 3 aromatic carbocycles. The van der Waals surface area contributed by atoms with E-state index < -0.39 is 15.8 Å². The number of halogens is 2.